The van der Waals surface area contributed by atoms with E-state index in [0.29, 0.717) is 43.4 Å². The molecule has 0 radical (unpaired) electrons. The third-order valence-electron chi connectivity index (χ3n) is 4.79. The molecule has 148 valence electrons. The van der Waals surface area contributed by atoms with E-state index in [-0.39, 0.29) is 17.2 Å². The van der Waals surface area contributed by atoms with Crippen molar-refractivity contribution in [3.05, 3.63) is 71.5 Å². The summed E-state index contributed by atoms with van der Waals surface area (Å²) in [6, 6.07) is 20.0. The first-order chi connectivity index (χ1) is 14.7. The third-order valence-corrected chi connectivity index (χ3v) is 4.79. The molecule has 3 aromatic rings. The van der Waals surface area contributed by atoms with Crippen molar-refractivity contribution in [1.82, 2.24) is 14.8 Å². The van der Waals surface area contributed by atoms with E-state index >= 15 is 0 Å². The van der Waals surface area contributed by atoms with Crippen molar-refractivity contribution < 1.29 is 9.84 Å². The quantitative estimate of drug-likeness (QED) is 0.531. The summed E-state index contributed by atoms with van der Waals surface area (Å²) in [5.74, 6) is 0.545. The number of hydrogen-bond donors (Lipinski definition) is 1. The lowest BCUT2D eigenvalue weighted by Crippen LogP contribution is -2.38. The van der Waals surface area contributed by atoms with Crippen LogP contribution >= 0.6 is 0 Å². The second-order valence-electron chi connectivity index (χ2n) is 6.62. The van der Waals surface area contributed by atoms with E-state index in [4.69, 9.17) is 10.00 Å². The van der Waals surface area contributed by atoms with Crippen LogP contribution in [0, 0.1) is 22.7 Å². The Kier molecular flexibility index (Phi) is 5.42. The molecule has 2 heterocycles. The Bertz CT molecular complexity index is 1160. The van der Waals surface area contributed by atoms with Gasteiger partial charge in [-0.2, -0.15) is 10.5 Å². The van der Waals surface area contributed by atoms with Gasteiger partial charge in [-0.3, -0.25) is 4.57 Å². The van der Waals surface area contributed by atoms with Crippen molar-refractivity contribution in [2.45, 2.75) is 0 Å². The summed E-state index contributed by atoms with van der Waals surface area (Å²) in [5, 5.41) is 38.5. The molecule has 0 amide bonds. The topological polar surface area (TPSA) is 111 Å². The number of rotatable bonds is 4. The Labute approximate surface area is 173 Å². The molecule has 0 spiro atoms. The molecule has 8 nitrogen and oxygen atoms in total. The normalized spacial score (nSPS) is 14.5. The molecule has 0 aliphatic carbocycles. The smallest absolute Gasteiger partial charge is 0.232 e. The van der Waals surface area contributed by atoms with Crippen LogP contribution in [0.15, 0.2) is 54.6 Å². The third kappa shape index (κ3) is 3.60. The largest absolute Gasteiger partial charge is 0.506 e. The number of anilines is 1. The maximum Gasteiger partial charge on any atom is 0.232 e. The Balaban J connectivity index is 1.90. The Morgan fingerprint density at radius 2 is 1.77 bits per heavy atom. The van der Waals surface area contributed by atoms with Gasteiger partial charge in [0.25, 0.3) is 0 Å². The number of para-hydroxylation sites is 1. The predicted molar refractivity (Wildman–Crippen MR) is 111 cm³/mol. The first kappa shape index (κ1) is 19.2. The molecule has 1 aliphatic rings. The number of nitriles is 2. The average Bonchev–Trinajstić information content (AvgIpc) is 3.25. The van der Waals surface area contributed by atoms with Crippen LogP contribution in [0.2, 0.25) is 0 Å². The molecule has 0 atom stereocenters. The van der Waals surface area contributed by atoms with Gasteiger partial charge in [0.1, 0.15) is 17.4 Å². The van der Waals surface area contributed by atoms with Gasteiger partial charge in [-0.1, -0.05) is 30.3 Å². The Morgan fingerprint density at radius 1 is 1.00 bits per heavy atom. The van der Waals surface area contributed by atoms with E-state index in [9.17, 15) is 10.4 Å². The lowest BCUT2D eigenvalue weighted by molar-refractivity contribution is 0.122. The number of aliphatic hydroxyl groups excluding tert-OH is 1. The van der Waals surface area contributed by atoms with Crippen LogP contribution in [0.1, 0.15) is 17.0 Å². The highest BCUT2D eigenvalue weighted by atomic mass is 16.5. The van der Waals surface area contributed by atoms with Crippen molar-refractivity contribution in [1.29, 1.82) is 10.5 Å². The van der Waals surface area contributed by atoms with Gasteiger partial charge < -0.3 is 14.7 Å². The first-order valence-corrected chi connectivity index (χ1v) is 9.40. The fourth-order valence-corrected chi connectivity index (χ4v) is 3.31. The number of nitrogens with zero attached hydrogens (tertiary/aromatic N) is 6. The molecule has 1 N–H and O–H groups in total. The number of hydrogen-bond acceptors (Lipinski definition) is 7. The SMILES string of the molecule is N#C/C(=C(/O)c1cccc(C#N)c1)c1nnc(N2CCOCC2)n1-c1ccccc1. The molecule has 1 fully saturated rings. The number of benzene rings is 2. The molecular formula is C22H18N6O2. The summed E-state index contributed by atoms with van der Waals surface area (Å²) < 4.78 is 7.19. The lowest BCUT2D eigenvalue weighted by atomic mass is 10.1. The van der Waals surface area contributed by atoms with E-state index in [2.05, 4.69) is 16.3 Å². The molecule has 1 aromatic heterocycles. The molecular weight excluding hydrogens is 380 g/mol. The summed E-state index contributed by atoms with van der Waals surface area (Å²) in [4.78, 5) is 2.04. The molecule has 30 heavy (non-hydrogen) atoms. The molecule has 0 saturated carbocycles. The minimum Gasteiger partial charge on any atom is -0.506 e. The maximum atomic E-state index is 10.9. The second-order valence-corrected chi connectivity index (χ2v) is 6.62. The zero-order valence-electron chi connectivity index (χ0n) is 16.1. The molecule has 1 saturated heterocycles. The minimum atomic E-state index is -0.257. The standard InChI is InChI=1S/C22H18N6O2/c23-14-16-5-4-6-17(13-16)20(29)19(15-24)21-25-26-22(27-9-11-30-12-10-27)28(21)18-7-2-1-3-8-18/h1-8,13,29H,9-12H2/b20-19-. The van der Waals surface area contributed by atoms with Crippen LogP contribution in [0.5, 0.6) is 0 Å². The summed E-state index contributed by atoms with van der Waals surface area (Å²) in [5.41, 5.74) is 1.49. The van der Waals surface area contributed by atoms with Crippen LogP contribution in [0.3, 0.4) is 0 Å². The summed E-state index contributed by atoms with van der Waals surface area (Å²) >= 11 is 0. The Morgan fingerprint density at radius 3 is 2.47 bits per heavy atom. The summed E-state index contributed by atoms with van der Waals surface area (Å²) in [6.07, 6.45) is 0. The van der Waals surface area contributed by atoms with Crippen LogP contribution in [0.4, 0.5) is 5.95 Å². The first-order valence-electron chi connectivity index (χ1n) is 9.40. The number of aliphatic hydroxyl groups is 1. The van der Waals surface area contributed by atoms with E-state index in [1.807, 2.05) is 41.3 Å². The fourth-order valence-electron chi connectivity index (χ4n) is 3.31. The number of allylic oxidation sites excluding steroid dienone is 1. The zero-order chi connectivity index (χ0) is 20.9. The van der Waals surface area contributed by atoms with Crippen LogP contribution in [0.25, 0.3) is 17.0 Å². The van der Waals surface area contributed by atoms with E-state index in [1.165, 1.54) is 6.07 Å². The van der Waals surface area contributed by atoms with Gasteiger partial charge in [-0.05, 0) is 24.3 Å². The molecule has 4 rings (SSSR count). The van der Waals surface area contributed by atoms with Crippen LogP contribution < -0.4 is 4.90 Å². The monoisotopic (exact) mass is 398 g/mol. The lowest BCUT2D eigenvalue weighted by Gasteiger charge is -2.28. The highest BCUT2D eigenvalue weighted by Gasteiger charge is 2.25. The van der Waals surface area contributed by atoms with Crippen molar-refractivity contribution in [3.8, 4) is 17.8 Å². The molecule has 2 aromatic carbocycles. The van der Waals surface area contributed by atoms with Gasteiger partial charge in [0.2, 0.25) is 5.95 Å². The molecule has 0 bridgehead atoms. The maximum absolute atomic E-state index is 10.9. The minimum absolute atomic E-state index is 0.0269. The highest BCUT2D eigenvalue weighted by Crippen LogP contribution is 2.29. The summed E-state index contributed by atoms with van der Waals surface area (Å²) in [7, 11) is 0. The predicted octanol–water partition coefficient (Wildman–Crippen LogP) is 2.93. The Hall–Kier alpha value is -4.14. The van der Waals surface area contributed by atoms with E-state index in [1.54, 1.807) is 22.8 Å². The number of morpholine rings is 1. The van der Waals surface area contributed by atoms with Gasteiger partial charge in [0, 0.05) is 18.7 Å². The van der Waals surface area contributed by atoms with Crippen LogP contribution in [-0.2, 0) is 4.74 Å². The zero-order valence-corrected chi connectivity index (χ0v) is 16.1. The number of ether oxygens (including phenoxy) is 1. The van der Waals surface area contributed by atoms with Crippen molar-refractivity contribution in [2.24, 2.45) is 0 Å². The van der Waals surface area contributed by atoms with E-state index in [0.717, 1.165) is 5.69 Å². The number of aromatic nitrogens is 3. The molecule has 8 heteroatoms. The van der Waals surface area contributed by atoms with Crippen LogP contribution in [-0.4, -0.2) is 46.2 Å². The van der Waals surface area contributed by atoms with Gasteiger partial charge in [-0.15, -0.1) is 10.2 Å². The second kappa shape index (κ2) is 8.48. The molecule has 0 unspecified atom stereocenters. The van der Waals surface area contributed by atoms with Crippen molar-refractivity contribution in [3.63, 3.8) is 0 Å². The molecule has 1 aliphatic heterocycles. The van der Waals surface area contributed by atoms with Gasteiger partial charge >= 0.3 is 0 Å². The summed E-state index contributed by atoms with van der Waals surface area (Å²) in [6.45, 7) is 2.44. The highest BCUT2D eigenvalue weighted by molar-refractivity contribution is 5.92. The van der Waals surface area contributed by atoms with Gasteiger partial charge in [0.15, 0.2) is 5.82 Å². The van der Waals surface area contributed by atoms with Crippen molar-refractivity contribution >= 4 is 17.3 Å². The van der Waals surface area contributed by atoms with Gasteiger partial charge in [0.05, 0.1) is 30.5 Å². The fraction of sp³-hybridized carbons (Fsp3) is 0.182. The van der Waals surface area contributed by atoms with E-state index < -0.39 is 0 Å². The van der Waals surface area contributed by atoms with Crippen molar-refractivity contribution in [2.75, 3.05) is 31.2 Å². The van der Waals surface area contributed by atoms with Gasteiger partial charge in [-0.25, -0.2) is 0 Å². The average molecular weight is 398 g/mol.